The van der Waals surface area contributed by atoms with Crippen LogP contribution < -0.4 is 0 Å². The van der Waals surface area contributed by atoms with E-state index in [0.717, 1.165) is 0 Å². The molecule has 0 saturated heterocycles. The van der Waals surface area contributed by atoms with Gasteiger partial charge < -0.3 is 15.3 Å². The molecule has 0 aliphatic heterocycles. The molecule has 0 aliphatic carbocycles. The maximum absolute atomic E-state index is 11.0. The zero-order valence-corrected chi connectivity index (χ0v) is 9.69. The number of thiol groups is 1. The molecule has 88 valence electrons. The zero-order chi connectivity index (χ0) is 12.3. The predicted octanol–water partition coefficient (Wildman–Crippen LogP) is 1.02. The number of rotatable bonds is 4. The molecule has 0 saturated carbocycles. The average Bonchev–Trinajstić information content (AvgIpc) is 2.26. The lowest BCUT2D eigenvalue weighted by molar-refractivity contribution is 0.0319. The van der Waals surface area contributed by atoms with Crippen molar-refractivity contribution in [2.24, 2.45) is 0 Å². The molecule has 0 aliphatic rings. The Balaban J connectivity index is 3.24. The highest BCUT2D eigenvalue weighted by molar-refractivity contribution is 7.80. The molecule has 0 bridgehead atoms. The average molecular weight is 242 g/mol. The second-order valence-corrected chi connectivity index (χ2v) is 3.90. The molecule has 2 atom stereocenters. The molecule has 5 heteroatoms. The lowest BCUT2D eigenvalue weighted by atomic mass is 9.94. The van der Waals surface area contributed by atoms with Crippen LogP contribution in [0.15, 0.2) is 18.2 Å². The number of aliphatic hydroxyl groups excluding tert-OH is 2. The summed E-state index contributed by atoms with van der Waals surface area (Å²) in [6.07, 6.45) is -2.31. The van der Waals surface area contributed by atoms with E-state index in [9.17, 15) is 15.0 Å². The van der Waals surface area contributed by atoms with Crippen molar-refractivity contribution in [3.05, 3.63) is 34.9 Å². The molecule has 0 heterocycles. The summed E-state index contributed by atoms with van der Waals surface area (Å²) >= 11 is 3.87. The van der Waals surface area contributed by atoms with E-state index >= 15 is 0 Å². The maximum atomic E-state index is 11.0. The number of aliphatic hydroxyl groups is 2. The number of carboxylic acids is 1. The maximum Gasteiger partial charge on any atom is 0.336 e. The first-order valence-corrected chi connectivity index (χ1v) is 5.42. The van der Waals surface area contributed by atoms with Gasteiger partial charge in [0.05, 0.1) is 11.7 Å². The number of hydrogen-bond acceptors (Lipinski definition) is 4. The highest BCUT2D eigenvalue weighted by Gasteiger charge is 2.24. The van der Waals surface area contributed by atoms with Gasteiger partial charge >= 0.3 is 5.97 Å². The Kier molecular flexibility index (Phi) is 4.35. The smallest absolute Gasteiger partial charge is 0.336 e. The first-order valence-electron chi connectivity index (χ1n) is 4.78. The first kappa shape index (κ1) is 13.0. The third-order valence-corrected chi connectivity index (χ3v) is 2.78. The molecule has 3 N–H and O–H groups in total. The zero-order valence-electron chi connectivity index (χ0n) is 8.79. The second-order valence-electron chi connectivity index (χ2n) is 3.54. The van der Waals surface area contributed by atoms with Crippen molar-refractivity contribution in [2.75, 3.05) is 5.75 Å². The highest BCUT2D eigenvalue weighted by Crippen LogP contribution is 2.25. The minimum absolute atomic E-state index is 0.00772. The molecule has 4 nitrogen and oxygen atoms in total. The minimum atomic E-state index is -1.23. The monoisotopic (exact) mass is 242 g/mol. The Hall–Kier alpha value is -1.04. The van der Waals surface area contributed by atoms with Gasteiger partial charge in [0.15, 0.2) is 0 Å². The van der Waals surface area contributed by atoms with Crippen molar-refractivity contribution in [3.63, 3.8) is 0 Å². The lowest BCUT2D eigenvalue weighted by Crippen LogP contribution is -2.23. The lowest BCUT2D eigenvalue weighted by Gasteiger charge is -2.20. The predicted molar refractivity (Wildman–Crippen MR) is 63.0 cm³/mol. The van der Waals surface area contributed by atoms with E-state index in [2.05, 4.69) is 12.6 Å². The number of carbonyl (C=O) groups is 1. The minimum Gasteiger partial charge on any atom is -0.478 e. The van der Waals surface area contributed by atoms with E-state index in [1.54, 1.807) is 19.1 Å². The van der Waals surface area contributed by atoms with Crippen LogP contribution in [0.5, 0.6) is 0 Å². The molecule has 0 aromatic heterocycles. The summed E-state index contributed by atoms with van der Waals surface area (Å²) in [7, 11) is 0. The van der Waals surface area contributed by atoms with Crippen molar-refractivity contribution in [2.45, 2.75) is 19.1 Å². The molecule has 0 amide bonds. The van der Waals surface area contributed by atoms with E-state index in [-0.39, 0.29) is 16.9 Å². The summed E-state index contributed by atoms with van der Waals surface area (Å²) < 4.78 is 0. The third kappa shape index (κ3) is 2.55. The van der Waals surface area contributed by atoms with E-state index in [1.807, 2.05) is 0 Å². The van der Waals surface area contributed by atoms with Crippen molar-refractivity contribution in [3.8, 4) is 0 Å². The van der Waals surface area contributed by atoms with Gasteiger partial charge in [-0.25, -0.2) is 4.79 Å². The number of benzene rings is 1. The fourth-order valence-electron chi connectivity index (χ4n) is 1.55. The van der Waals surface area contributed by atoms with E-state index in [1.165, 1.54) is 6.07 Å². The van der Waals surface area contributed by atoms with Crippen LogP contribution in [0.4, 0.5) is 0 Å². The largest absolute Gasteiger partial charge is 0.478 e. The van der Waals surface area contributed by atoms with Crippen molar-refractivity contribution < 1.29 is 20.1 Å². The fourth-order valence-corrected chi connectivity index (χ4v) is 1.75. The Bertz CT molecular complexity index is 392. The second kappa shape index (κ2) is 5.34. The van der Waals surface area contributed by atoms with Crippen LogP contribution in [0.3, 0.4) is 0 Å². The van der Waals surface area contributed by atoms with Gasteiger partial charge in [0.1, 0.15) is 6.10 Å². The molecule has 1 rings (SSSR count). The third-order valence-electron chi connectivity index (χ3n) is 2.40. The number of aromatic carboxylic acids is 1. The summed E-state index contributed by atoms with van der Waals surface area (Å²) in [6, 6.07) is 4.69. The van der Waals surface area contributed by atoms with Crippen LogP contribution in [-0.2, 0) is 0 Å². The van der Waals surface area contributed by atoms with Gasteiger partial charge in [-0.2, -0.15) is 12.6 Å². The first-order chi connectivity index (χ1) is 7.49. The summed E-state index contributed by atoms with van der Waals surface area (Å²) in [5.41, 5.74) is 0.887. The van der Waals surface area contributed by atoms with E-state index in [0.29, 0.717) is 5.56 Å². The topological polar surface area (TPSA) is 77.8 Å². The van der Waals surface area contributed by atoms with Crippen LogP contribution >= 0.6 is 12.6 Å². The molecule has 16 heavy (non-hydrogen) atoms. The number of carboxylic acid groups (broad SMARTS) is 1. The van der Waals surface area contributed by atoms with Crippen LogP contribution in [0.25, 0.3) is 0 Å². The fraction of sp³-hybridized carbons (Fsp3) is 0.364. The van der Waals surface area contributed by atoms with Gasteiger partial charge in [0, 0.05) is 11.3 Å². The van der Waals surface area contributed by atoms with Crippen LogP contribution in [0.2, 0.25) is 0 Å². The van der Waals surface area contributed by atoms with Crippen LogP contribution in [-0.4, -0.2) is 33.1 Å². The van der Waals surface area contributed by atoms with Crippen LogP contribution in [0.1, 0.15) is 27.6 Å². The Morgan fingerprint density at radius 3 is 2.56 bits per heavy atom. The normalized spacial score (nSPS) is 14.5. The Morgan fingerprint density at radius 2 is 2.06 bits per heavy atom. The summed E-state index contributed by atoms with van der Waals surface area (Å²) in [5.74, 6) is -1.06. The Morgan fingerprint density at radius 1 is 1.44 bits per heavy atom. The van der Waals surface area contributed by atoms with Crippen molar-refractivity contribution in [1.29, 1.82) is 0 Å². The quantitative estimate of drug-likeness (QED) is 0.594. The van der Waals surface area contributed by atoms with Crippen LogP contribution in [0, 0.1) is 6.92 Å². The summed E-state index contributed by atoms with van der Waals surface area (Å²) in [6.45, 7) is 1.69. The molecule has 1 aromatic carbocycles. The van der Waals surface area contributed by atoms with Gasteiger partial charge in [0.25, 0.3) is 0 Å². The van der Waals surface area contributed by atoms with Crippen molar-refractivity contribution in [1.82, 2.24) is 0 Å². The van der Waals surface area contributed by atoms with Gasteiger partial charge in [-0.15, -0.1) is 0 Å². The number of hydrogen-bond donors (Lipinski definition) is 4. The number of aryl methyl sites for hydroxylation is 1. The molecule has 0 radical (unpaired) electrons. The molecule has 1 aromatic rings. The van der Waals surface area contributed by atoms with Gasteiger partial charge in [-0.1, -0.05) is 12.1 Å². The van der Waals surface area contributed by atoms with Gasteiger partial charge in [-0.3, -0.25) is 0 Å². The van der Waals surface area contributed by atoms with Crippen molar-refractivity contribution >= 4 is 18.6 Å². The van der Waals surface area contributed by atoms with E-state index in [4.69, 9.17) is 5.11 Å². The standard InChI is InChI=1S/C11H14O4S/c1-6-3-2-4-7(11(14)15)9(6)10(13)8(12)5-16/h2-4,8,10,12-13,16H,5H2,1H3,(H,14,15). The van der Waals surface area contributed by atoms with Gasteiger partial charge in [-0.05, 0) is 18.6 Å². The molecular formula is C11H14O4S. The Labute approximate surface area is 99.0 Å². The SMILES string of the molecule is Cc1cccc(C(=O)O)c1C(O)C(O)CS. The molecule has 0 fully saturated rings. The summed E-state index contributed by atoms with van der Waals surface area (Å²) in [4.78, 5) is 11.0. The molecule has 0 spiro atoms. The molecule has 2 unspecified atom stereocenters. The summed E-state index contributed by atoms with van der Waals surface area (Å²) in [5, 5.41) is 28.3. The van der Waals surface area contributed by atoms with E-state index < -0.39 is 18.2 Å². The van der Waals surface area contributed by atoms with Gasteiger partial charge in [0.2, 0.25) is 0 Å². The molecular weight excluding hydrogens is 228 g/mol. The highest BCUT2D eigenvalue weighted by atomic mass is 32.1.